The summed E-state index contributed by atoms with van der Waals surface area (Å²) in [6.45, 7) is 6.40. The molecule has 3 heteroatoms. The maximum absolute atomic E-state index is 13.3. The summed E-state index contributed by atoms with van der Waals surface area (Å²) < 4.78 is 13.3. The van der Waals surface area contributed by atoms with Crippen LogP contribution in [-0.2, 0) is 16.6 Å². The van der Waals surface area contributed by atoms with E-state index in [0.717, 1.165) is 5.56 Å². The molecule has 116 valence electrons. The number of aliphatic carboxylic acids is 1. The highest BCUT2D eigenvalue weighted by atomic mass is 19.1. The minimum absolute atomic E-state index is 0.0628. The number of halogens is 1. The molecule has 0 aliphatic carbocycles. The lowest BCUT2D eigenvalue weighted by atomic mass is 9.85. The Bertz CT molecular complexity index is 654. The first kappa shape index (κ1) is 16.2. The van der Waals surface area contributed by atoms with Gasteiger partial charge < -0.3 is 5.11 Å². The van der Waals surface area contributed by atoms with Crippen molar-refractivity contribution in [2.45, 2.75) is 38.5 Å². The van der Waals surface area contributed by atoms with Crippen LogP contribution in [0.1, 0.15) is 43.4 Å². The van der Waals surface area contributed by atoms with E-state index in [1.54, 1.807) is 12.1 Å². The van der Waals surface area contributed by atoms with E-state index < -0.39 is 17.7 Å². The van der Waals surface area contributed by atoms with Gasteiger partial charge in [0.25, 0.3) is 0 Å². The van der Waals surface area contributed by atoms with Crippen molar-refractivity contribution < 1.29 is 14.3 Å². The minimum Gasteiger partial charge on any atom is -0.481 e. The number of hydrogen-bond acceptors (Lipinski definition) is 1. The van der Waals surface area contributed by atoms with Gasteiger partial charge in [0.1, 0.15) is 5.82 Å². The molecule has 2 aromatic rings. The molecule has 0 aliphatic rings. The predicted molar refractivity (Wildman–Crippen MR) is 85.6 cm³/mol. The Morgan fingerprint density at radius 1 is 1.14 bits per heavy atom. The van der Waals surface area contributed by atoms with Gasteiger partial charge in [-0.25, -0.2) is 4.39 Å². The largest absolute Gasteiger partial charge is 0.481 e. The third-order valence-electron chi connectivity index (χ3n) is 3.81. The Labute approximate surface area is 130 Å². The van der Waals surface area contributed by atoms with Crippen molar-refractivity contribution in [2.75, 3.05) is 0 Å². The number of carbonyl (C=O) groups is 1. The lowest BCUT2D eigenvalue weighted by Crippen LogP contribution is -2.15. The molecular formula is C19H21FO2. The summed E-state index contributed by atoms with van der Waals surface area (Å²) in [6, 6.07) is 13.8. The minimum atomic E-state index is -0.939. The molecule has 0 saturated heterocycles. The molecule has 2 nitrogen and oxygen atoms in total. The van der Waals surface area contributed by atoms with Gasteiger partial charge in [0.2, 0.25) is 0 Å². The Morgan fingerprint density at radius 2 is 1.77 bits per heavy atom. The van der Waals surface area contributed by atoms with E-state index in [0.29, 0.717) is 12.0 Å². The Kier molecular flexibility index (Phi) is 4.65. The van der Waals surface area contributed by atoms with Crippen LogP contribution in [0.4, 0.5) is 4.39 Å². The molecule has 0 aromatic heterocycles. The molecule has 0 spiro atoms. The molecule has 1 atom stereocenters. The number of carboxylic acids is 1. The third-order valence-corrected chi connectivity index (χ3v) is 3.81. The second-order valence-electron chi connectivity index (χ2n) is 6.60. The van der Waals surface area contributed by atoms with Gasteiger partial charge in [-0.05, 0) is 40.7 Å². The number of hydrogen-bond donors (Lipinski definition) is 1. The quantitative estimate of drug-likeness (QED) is 0.900. The van der Waals surface area contributed by atoms with Crippen LogP contribution in [0.25, 0.3) is 0 Å². The van der Waals surface area contributed by atoms with Crippen molar-refractivity contribution in [1.29, 1.82) is 0 Å². The highest BCUT2D eigenvalue weighted by Gasteiger charge is 2.21. The standard InChI is InChI=1S/C19H21FO2/c1-19(2,3)15-9-7-13(8-10-15)11-17(18(21)22)14-5-4-6-16(20)12-14/h4-10,12,17H,11H2,1-3H3,(H,21,22). The maximum atomic E-state index is 13.3. The average molecular weight is 300 g/mol. The van der Waals surface area contributed by atoms with Crippen LogP contribution in [0.5, 0.6) is 0 Å². The van der Waals surface area contributed by atoms with Gasteiger partial charge in [-0.1, -0.05) is 57.2 Å². The van der Waals surface area contributed by atoms with Crippen LogP contribution in [0.2, 0.25) is 0 Å². The van der Waals surface area contributed by atoms with Gasteiger partial charge in [-0.3, -0.25) is 4.79 Å². The van der Waals surface area contributed by atoms with E-state index in [1.807, 2.05) is 24.3 Å². The lowest BCUT2D eigenvalue weighted by molar-refractivity contribution is -0.138. The van der Waals surface area contributed by atoms with Crippen molar-refractivity contribution in [2.24, 2.45) is 0 Å². The fourth-order valence-electron chi connectivity index (χ4n) is 2.45. The molecule has 0 amide bonds. The Balaban J connectivity index is 2.24. The number of benzene rings is 2. The monoisotopic (exact) mass is 300 g/mol. The van der Waals surface area contributed by atoms with Gasteiger partial charge in [-0.15, -0.1) is 0 Å². The molecule has 0 heterocycles. The normalized spacial score (nSPS) is 12.9. The summed E-state index contributed by atoms with van der Waals surface area (Å²) in [5, 5.41) is 9.44. The third kappa shape index (κ3) is 3.94. The fourth-order valence-corrected chi connectivity index (χ4v) is 2.45. The molecular weight excluding hydrogens is 279 g/mol. The Hall–Kier alpha value is -2.16. The second kappa shape index (κ2) is 6.30. The van der Waals surface area contributed by atoms with E-state index >= 15 is 0 Å². The smallest absolute Gasteiger partial charge is 0.311 e. The topological polar surface area (TPSA) is 37.3 Å². The second-order valence-corrected chi connectivity index (χ2v) is 6.60. The molecule has 0 aliphatic heterocycles. The van der Waals surface area contributed by atoms with Crippen molar-refractivity contribution in [3.63, 3.8) is 0 Å². The first-order valence-corrected chi connectivity index (χ1v) is 7.35. The zero-order chi connectivity index (χ0) is 16.3. The first-order chi connectivity index (χ1) is 10.3. The summed E-state index contributed by atoms with van der Waals surface area (Å²) >= 11 is 0. The highest BCUT2D eigenvalue weighted by molar-refractivity contribution is 5.76. The first-order valence-electron chi connectivity index (χ1n) is 7.35. The maximum Gasteiger partial charge on any atom is 0.311 e. The van der Waals surface area contributed by atoms with Crippen LogP contribution in [0.3, 0.4) is 0 Å². The zero-order valence-corrected chi connectivity index (χ0v) is 13.1. The molecule has 0 saturated carbocycles. The molecule has 1 N–H and O–H groups in total. The Morgan fingerprint density at radius 3 is 2.27 bits per heavy atom. The molecule has 1 unspecified atom stereocenters. The number of carboxylic acid groups (broad SMARTS) is 1. The number of rotatable bonds is 4. The molecule has 0 bridgehead atoms. The van der Waals surface area contributed by atoms with E-state index in [2.05, 4.69) is 20.8 Å². The molecule has 22 heavy (non-hydrogen) atoms. The highest BCUT2D eigenvalue weighted by Crippen LogP contribution is 2.25. The van der Waals surface area contributed by atoms with Gasteiger partial charge in [-0.2, -0.15) is 0 Å². The molecule has 2 aromatic carbocycles. The lowest BCUT2D eigenvalue weighted by Gasteiger charge is -2.20. The summed E-state index contributed by atoms with van der Waals surface area (Å²) in [5.41, 5.74) is 2.69. The SMILES string of the molecule is CC(C)(C)c1ccc(CC(C(=O)O)c2cccc(F)c2)cc1. The average Bonchev–Trinajstić information content (AvgIpc) is 2.44. The van der Waals surface area contributed by atoms with Crippen molar-refractivity contribution in [1.82, 2.24) is 0 Å². The van der Waals surface area contributed by atoms with Gasteiger partial charge >= 0.3 is 5.97 Å². The van der Waals surface area contributed by atoms with Crippen molar-refractivity contribution in [3.8, 4) is 0 Å². The van der Waals surface area contributed by atoms with Crippen molar-refractivity contribution in [3.05, 3.63) is 71.0 Å². The summed E-state index contributed by atoms with van der Waals surface area (Å²) in [6.07, 6.45) is 0.350. The molecule has 0 radical (unpaired) electrons. The van der Waals surface area contributed by atoms with Gasteiger partial charge in [0.05, 0.1) is 5.92 Å². The predicted octanol–water partition coefficient (Wildman–Crippen LogP) is 4.53. The van der Waals surface area contributed by atoms with Crippen LogP contribution in [0.15, 0.2) is 48.5 Å². The van der Waals surface area contributed by atoms with Gasteiger partial charge in [0, 0.05) is 0 Å². The molecule has 0 fully saturated rings. The summed E-state index contributed by atoms with van der Waals surface area (Å²) in [7, 11) is 0. The van der Waals surface area contributed by atoms with E-state index in [-0.39, 0.29) is 5.41 Å². The summed E-state index contributed by atoms with van der Waals surface area (Å²) in [4.78, 5) is 11.5. The van der Waals surface area contributed by atoms with Crippen molar-refractivity contribution >= 4 is 5.97 Å². The zero-order valence-electron chi connectivity index (χ0n) is 13.1. The van der Waals surface area contributed by atoms with Crippen LogP contribution in [0, 0.1) is 5.82 Å². The van der Waals surface area contributed by atoms with Gasteiger partial charge in [0.15, 0.2) is 0 Å². The van der Waals surface area contributed by atoms with Crippen LogP contribution in [-0.4, -0.2) is 11.1 Å². The van der Waals surface area contributed by atoms with E-state index in [1.165, 1.54) is 17.7 Å². The summed E-state index contributed by atoms with van der Waals surface area (Å²) in [5.74, 6) is -2.09. The van der Waals surface area contributed by atoms with Crippen LogP contribution < -0.4 is 0 Å². The molecule has 2 rings (SSSR count). The van der Waals surface area contributed by atoms with E-state index in [9.17, 15) is 14.3 Å². The van der Waals surface area contributed by atoms with E-state index in [4.69, 9.17) is 0 Å². The fraction of sp³-hybridized carbons (Fsp3) is 0.316. The van der Waals surface area contributed by atoms with Crippen LogP contribution >= 0.6 is 0 Å².